The summed E-state index contributed by atoms with van der Waals surface area (Å²) >= 11 is 0. The molecule has 2 N–H and O–H groups in total. The second-order valence-electron chi connectivity index (χ2n) is 7.30. The number of anilines is 1. The van der Waals surface area contributed by atoms with Gasteiger partial charge in [-0.25, -0.2) is 0 Å². The van der Waals surface area contributed by atoms with E-state index in [-0.39, 0.29) is 18.4 Å². The van der Waals surface area contributed by atoms with E-state index in [2.05, 4.69) is 5.32 Å². The smallest absolute Gasteiger partial charge is 0.251 e. The second kappa shape index (κ2) is 8.55. The van der Waals surface area contributed by atoms with Gasteiger partial charge in [-0.3, -0.25) is 4.79 Å². The fourth-order valence-electron chi connectivity index (χ4n) is 3.63. The third kappa shape index (κ3) is 4.49. The molecule has 0 spiro atoms. The summed E-state index contributed by atoms with van der Waals surface area (Å²) in [6, 6.07) is 17.1. The van der Waals surface area contributed by atoms with E-state index in [9.17, 15) is 9.90 Å². The number of ether oxygens (including phenoxy) is 1. The molecule has 1 amide bonds. The number of amides is 1. The highest BCUT2D eigenvalue weighted by atomic mass is 16.5. The first kappa shape index (κ1) is 19.4. The summed E-state index contributed by atoms with van der Waals surface area (Å²) < 4.78 is 5.46. The summed E-state index contributed by atoms with van der Waals surface area (Å²) in [6.45, 7) is 1.45. The number of hydrogen-bond donors (Lipinski definition) is 2. The standard InChI is InChI=1S/C22H28N2O3/c1-24(2)20-10-6-7-17(15-20)21(25)23-16-22(26,18-8-4-3-5-9-18)19-11-13-27-14-12-19/h3-10,15,19,26H,11-14,16H2,1-2H3,(H,23,25)/t22-/m0/s1. The Morgan fingerprint density at radius 1 is 1.15 bits per heavy atom. The maximum absolute atomic E-state index is 12.7. The minimum Gasteiger partial charge on any atom is -0.383 e. The van der Waals surface area contributed by atoms with Gasteiger partial charge in [0.25, 0.3) is 5.91 Å². The molecule has 1 heterocycles. The van der Waals surface area contributed by atoms with Crippen LogP contribution < -0.4 is 10.2 Å². The molecule has 2 aromatic rings. The van der Waals surface area contributed by atoms with Crippen LogP contribution in [0.1, 0.15) is 28.8 Å². The molecule has 0 aliphatic carbocycles. The SMILES string of the molecule is CN(C)c1cccc(C(=O)NC[C@](O)(c2ccccc2)C2CCOCC2)c1. The molecule has 0 radical (unpaired) electrons. The van der Waals surface area contributed by atoms with E-state index in [1.165, 1.54) is 0 Å². The summed E-state index contributed by atoms with van der Waals surface area (Å²) in [5.74, 6) is -0.137. The van der Waals surface area contributed by atoms with E-state index < -0.39 is 5.60 Å². The van der Waals surface area contributed by atoms with Crippen molar-refractivity contribution in [3.05, 3.63) is 65.7 Å². The lowest BCUT2D eigenvalue weighted by atomic mass is 9.77. The molecule has 0 unspecified atom stereocenters. The molecule has 144 valence electrons. The zero-order valence-electron chi connectivity index (χ0n) is 16.0. The van der Waals surface area contributed by atoms with Crippen molar-refractivity contribution < 1.29 is 14.6 Å². The van der Waals surface area contributed by atoms with Gasteiger partial charge in [-0.15, -0.1) is 0 Å². The van der Waals surface area contributed by atoms with Gasteiger partial charge in [0.2, 0.25) is 0 Å². The largest absolute Gasteiger partial charge is 0.383 e. The van der Waals surface area contributed by atoms with Gasteiger partial charge >= 0.3 is 0 Å². The van der Waals surface area contributed by atoms with E-state index in [1.54, 1.807) is 6.07 Å². The zero-order chi connectivity index (χ0) is 19.3. The van der Waals surface area contributed by atoms with Crippen molar-refractivity contribution in [3.8, 4) is 0 Å². The second-order valence-corrected chi connectivity index (χ2v) is 7.30. The number of benzene rings is 2. The highest BCUT2D eigenvalue weighted by molar-refractivity contribution is 5.95. The average Bonchev–Trinajstić information content (AvgIpc) is 2.73. The van der Waals surface area contributed by atoms with Gasteiger partial charge < -0.3 is 20.1 Å². The van der Waals surface area contributed by atoms with Crippen LogP contribution >= 0.6 is 0 Å². The van der Waals surface area contributed by atoms with Crippen molar-refractivity contribution in [2.45, 2.75) is 18.4 Å². The number of rotatable bonds is 6. The van der Waals surface area contributed by atoms with Crippen LogP contribution in [0.2, 0.25) is 0 Å². The molecule has 0 aromatic heterocycles. The molecule has 1 fully saturated rings. The Labute approximate surface area is 161 Å². The fraction of sp³-hybridized carbons (Fsp3) is 0.409. The summed E-state index contributed by atoms with van der Waals surface area (Å²) in [5, 5.41) is 14.5. The van der Waals surface area contributed by atoms with Crippen molar-refractivity contribution in [1.29, 1.82) is 0 Å². The molecule has 1 aliphatic heterocycles. The number of aliphatic hydroxyl groups is 1. The third-order valence-corrected chi connectivity index (χ3v) is 5.31. The van der Waals surface area contributed by atoms with Gasteiger partial charge in [0.05, 0.1) is 6.54 Å². The topological polar surface area (TPSA) is 61.8 Å². The van der Waals surface area contributed by atoms with Crippen LogP contribution in [0.5, 0.6) is 0 Å². The minimum atomic E-state index is -1.11. The Hall–Kier alpha value is -2.37. The Bertz CT molecular complexity index is 757. The monoisotopic (exact) mass is 368 g/mol. The van der Waals surface area contributed by atoms with Crippen LogP contribution in [0.4, 0.5) is 5.69 Å². The van der Waals surface area contributed by atoms with Crippen LogP contribution in [-0.2, 0) is 10.3 Å². The van der Waals surface area contributed by atoms with Gasteiger partial charge in [0.1, 0.15) is 5.60 Å². The molecule has 0 bridgehead atoms. The summed E-state index contributed by atoms with van der Waals surface area (Å²) in [5.41, 5.74) is 1.27. The molecule has 5 heteroatoms. The highest BCUT2D eigenvalue weighted by Gasteiger charge is 2.39. The molecular formula is C22H28N2O3. The minimum absolute atomic E-state index is 0.0436. The highest BCUT2D eigenvalue weighted by Crippen LogP contribution is 2.35. The maximum Gasteiger partial charge on any atom is 0.251 e. The van der Waals surface area contributed by atoms with Gasteiger partial charge in [0, 0.05) is 38.6 Å². The number of hydrogen-bond acceptors (Lipinski definition) is 4. The van der Waals surface area contributed by atoms with Gasteiger partial charge in [0.15, 0.2) is 0 Å². The van der Waals surface area contributed by atoms with Crippen LogP contribution in [0.3, 0.4) is 0 Å². The molecule has 1 saturated heterocycles. The van der Waals surface area contributed by atoms with E-state index in [1.807, 2.05) is 67.5 Å². The predicted molar refractivity (Wildman–Crippen MR) is 107 cm³/mol. The Kier molecular flexibility index (Phi) is 6.14. The lowest BCUT2D eigenvalue weighted by molar-refractivity contribution is -0.0680. The average molecular weight is 368 g/mol. The number of carbonyl (C=O) groups excluding carboxylic acids is 1. The van der Waals surface area contributed by atoms with Gasteiger partial charge in [-0.1, -0.05) is 36.4 Å². The lowest BCUT2D eigenvalue weighted by Gasteiger charge is -2.39. The van der Waals surface area contributed by atoms with Crippen molar-refractivity contribution >= 4 is 11.6 Å². The van der Waals surface area contributed by atoms with Crippen molar-refractivity contribution in [2.75, 3.05) is 38.8 Å². The first-order chi connectivity index (χ1) is 13.0. The third-order valence-electron chi connectivity index (χ3n) is 5.31. The quantitative estimate of drug-likeness (QED) is 0.823. The molecule has 5 nitrogen and oxygen atoms in total. The van der Waals surface area contributed by atoms with Gasteiger partial charge in [-0.2, -0.15) is 0 Å². The molecule has 27 heavy (non-hydrogen) atoms. The molecular weight excluding hydrogens is 340 g/mol. The first-order valence-electron chi connectivity index (χ1n) is 9.42. The van der Waals surface area contributed by atoms with E-state index in [0.717, 1.165) is 24.1 Å². The molecule has 1 aliphatic rings. The predicted octanol–water partition coefficient (Wildman–Crippen LogP) is 2.80. The zero-order valence-corrected chi connectivity index (χ0v) is 16.0. The Balaban J connectivity index is 1.78. The van der Waals surface area contributed by atoms with Crippen LogP contribution in [0.15, 0.2) is 54.6 Å². The maximum atomic E-state index is 12.7. The first-order valence-corrected chi connectivity index (χ1v) is 9.42. The van der Waals surface area contributed by atoms with Crippen molar-refractivity contribution in [1.82, 2.24) is 5.32 Å². The number of carbonyl (C=O) groups is 1. The Morgan fingerprint density at radius 3 is 2.52 bits per heavy atom. The van der Waals surface area contributed by atoms with E-state index >= 15 is 0 Å². The van der Waals surface area contributed by atoms with Crippen molar-refractivity contribution in [3.63, 3.8) is 0 Å². The molecule has 3 rings (SSSR count). The van der Waals surface area contributed by atoms with E-state index in [0.29, 0.717) is 18.8 Å². The van der Waals surface area contributed by atoms with Gasteiger partial charge in [-0.05, 0) is 42.5 Å². The molecule has 0 saturated carbocycles. The van der Waals surface area contributed by atoms with Crippen LogP contribution in [-0.4, -0.2) is 44.9 Å². The molecule has 2 aromatic carbocycles. The lowest BCUT2D eigenvalue weighted by Crippen LogP contribution is -2.47. The van der Waals surface area contributed by atoms with Crippen molar-refractivity contribution in [2.24, 2.45) is 5.92 Å². The summed E-state index contributed by atoms with van der Waals surface area (Å²) in [7, 11) is 3.88. The summed E-state index contributed by atoms with van der Waals surface area (Å²) in [6.07, 6.45) is 1.55. The normalized spacial score (nSPS) is 17.1. The van der Waals surface area contributed by atoms with E-state index in [4.69, 9.17) is 4.74 Å². The molecule has 1 atom stereocenters. The summed E-state index contributed by atoms with van der Waals surface area (Å²) in [4.78, 5) is 14.7. The number of nitrogens with one attached hydrogen (secondary N) is 1. The van der Waals surface area contributed by atoms with Crippen LogP contribution in [0.25, 0.3) is 0 Å². The Morgan fingerprint density at radius 2 is 1.85 bits per heavy atom. The fourth-order valence-corrected chi connectivity index (χ4v) is 3.63. The number of nitrogens with zero attached hydrogens (tertiary/aromatic N) is 1. The van der Waals surface area contributed by atoms with Crippen LogP contribution in [0, 0.1) is 5.92 Å².